The summed E-state index contributed by atoms with van der Waals surface area (Å²) >= 11 is 1.27. The van der Waals surface area contributed by atoms with Crippen molar-refractivity contribution in [3.8, 4) is 0 Å². The van der Waals surface area contributed by atoms with Gasteiger partial charge in [0.15, 0.2) is 0 Å². The van der Waals surface area contributed by atoms with E-state index in [1.165, 1.54) is 11.8 Å². The van der Waals surface area contributed by atoms with Gasteiger partial charge in [0.1, 0.15) is 5.76 Å². The molecule has 0 fully saturated rings. The van der Waals surface area contributed by atoms with Crippen LogP contribution < -0.4 is 0 Å². The number of furan rings is 1. The number of thioether (sulfide) groups is 1. The van der Waals surface area contributed by atoms with Crippen LogP contribution in [0, 0.1) is 0 Å². The highest BCUT2D eigenvalue weighted by Crippen LogP contribution is 2.32. The third-order valence-corrected chi connectivity index (χ3v) is 2.19. The van der Waals surface area contributed by atoms with Crippen LogP contribution in [-0.4, -0.2) is 5.12 Å². The van der Waals surface area contributed by atoms with Crippen molar-refractivity contribution >= 4 is 16.9 Å². The molecule has 0 saturated heterocycles. The van der Waals surface area contributed by atoms with Crippen LogP contribution in [0.1, 0.15) is 5.76 Å². The maximum Gasteiger partial charge on any atom is 0.201 e. The molecule has 2 heterocycles. The standard InChI is InChI=1S/C6H4O2S/c7-6-3-4-5(9-6)1-2-8-4/h1-2H,3H2. The third-order valence-electron chi connectivity index (χ3n) is 1.23. The summed E-state index contributed by atoms with van der Waals surface area (Å²) in [6, 6.07) is 1.82. The molecule has 0 N–H and O–H groups in total. The van der Waals surface area contributed by atoms with Crippen molar-refractivity contribution in [2.45, 2.75) is 11.3 Å². The Bertz CT molecular complexity index is 229. The van der Waals surface area contributed by atoms with Crippen LogP contribution in [0.25, 0.3) is 0 Å². The summed E-state index contributed by atoms with van der Waals surface area (Å²) in [4.78, 5) is 11.7. The summed E-state index contributed by atoms with van der Waals surface area (Å²) in [6.07, 6.45) is 2.08. The van der Waals surface area contributed by atoms with E-state index in [1.54, 1.807) is 6.26 Å². The van der Waals surface area contributed by atoms with Crippen LogP contribution in [-0.2, 0) is 11.2 Å². The van der Waals surface area contributed by atoms with Gasteiger partial charge in [-0.3, -0.25) is 4.79 Å². The van der Waals surface area contributed by atoms with E-state index in [4.69, 9.17) is 4.42 Å². The van der Waals surface area contributed by atoms with E-state index in [1.807, 2.05) is 6.07 Å². The van der Waals surface area contributed by atoms with Crippen molar-refractivity contribution in [2.24, 2.45) is 0 Å². The summed E-state index contributed by atoms with van der Waals surface area (Å²) in [7, 11) is 0. The zero-order valence-electron chi connectivity index (χ0n) is 4.59. The maximum absolute atomic E-state index is 10.7. The van der Waals surface area contributed by atoms with E-state index in [-0.39, 0.29) is 5.12 Å². The minimum absolute atomic E-state index is 0.185. The first kappa shape index (κ1) is 5.11. The minimum Gasteiger partial charge on any atom is -0.468 e. The molecule has 0 amide bonds. The molecule has 0 saturated carbocycles. The summed E-state index contributed by atoms with van der Waals surface area (Å²) in [5.41, 5.74) is 0. The van der Waals surface area contributed by atoms with E-state index in [2.05, 4.69) is 0 Å². The highest BCUT2D eigenvalue weighted by atomic mass is 32.2. The molecule has 1 aromatic rings. The van der Waals surface area contributed by atoms with Gasteiger partial charge >= 0.3 is 0 Å². The van der Waals surface area contributed by atoms with Crippen LogP contribution >= 0.6 is 11.8 Å². The normalized spacial score (nSPS) is 16.2. The lowest BCUT2D eigenvalue weighted by atomic mass is 10.4. The lowest BCUT2D eigenvalue weighted by Crippen LogP contribution is -1.84. The molecule has 0 bridgehead atoms. The Balaban J connectivity index is 2.49. The smallest absolute Gasteiger partial charge is 0.201 e. The van der Waals surface area contributed by atoms with Crippen molar-refractivity contribution in [2.75, 3.05) is 0 Å². The Morgan fingerprint density at radius 1 is 1.67 bits per heavy atom. The topological polar surface area (TPSA) is 30.2 Å². The Labute approximate surface area is 56.2 Å². The summed E-state index contributed by atoms with van der Waals surface area (Å²) < 4.78 is 5.00. The number of carbonyl (C=O) groups excluding carboxylic acids is 1. The number of carbonyl (C=O) groups is 1. The predicted molar refractivity (Wildman–Crippen MR) is 33.3 cm³/mol. The van der Waals surface area contributed by atoms with E-state index in [0.29, 0.717) is 6.42 Å². The maximum atomic E-state index is 10.7. The second-order valence-electron chi connectivity index (χ2n) is 1.86. The molecule has 0 atom stereocenters. The van der Waals surface area contributed by atoms with Crippen LogP contribution in [0.15, 0.2) is 21.6 Å². The largest absolute Gasteiger partial charge is 0.468 e. The first-order valence-corrected chi connectivity index (χ1v) is 3.45. The predicted octanol–water partition coefficient (Wildman–Crippen LogP) is 1.45. The Hall–Kier alpha value is -0.700. The fourth-order valence-corrected chi connectivity index (χ4v) is 1.64. The van der Waals surface area contributed by atoms with E-state index in [9.17, 15) is 4.79 Å². The van der Waals surface area contributed by atoms with Gasteiger partial charge in [-0.15, -0.1) is 0 Å². The van der Waals surface area contributed by atoms with Gasteiger partial charge in [-0.1, -0.05) is 0 Å². The Morgan fingerprint density at radius 3 is 3.33 bits per heavy atom. The molecule has 0 aromatic carbocycles. The van der Waals surface area contributed by atoms with Crippen LogP contribution in [0.2, 0.25) is 0 Å². The average Bonchev–Trinajstić information content (AvgIpc) is 2.22. The fraction of sp³-hybridized carbons (Fsp3) is 0.167. The van der Waals surface area contributed by atoms with Gasteiger partial charge in [0.25, 0.3) is 0 Å². The highest BCUT2D eigenvalue weighted by Gasteiger charge is 2.21. The lowest BCUT2D eigenvalue weighted by Gasteiger charge is -1.77. The first-order valence-electron chi connectivity index (χ1n) is 2.63. The van der Waals surface area contributed by atoms with Crippen molar-refractivity contribution in [1.29, 1.82) is 0 Å². The summed E-state index contributed by atoms with van der Waals surface area (Å²) in [5.74, 6) is 0.824. The summed E-state index contributed by atoms with van der Waals surface area (Å²) in [5, 5.41) is 0.185. The summed E-state index contributed by atoms with van der Waals surface area (Å²) in [6.45, 7) is 0. The fourth-order valence-electron chi connectivity index (χ4n) is 0.839. The monoisotopic (exact) mass is 140 g/mol. The molecule has 1 aromatic heterocycles. The quantitative estimate of drug-likeness (QED) is 0.546. The van der Waals surface area contributed by atoms with Gasteiger partial charge < -0.3 is 4.42 Å². The molecule has 2 nitrogen and oxygen atoms in total. The second-order valence-corrected chi connectivity index (χ2v) is 2.96. The third kappa shape index (κ3) is 0.685. The second kappa shape index (κ2) is 1.64. The molecular formula is C6H4O2S. The molecule has 0 unspecified atom stereocenters. The average molecular weight is 140 g/mol. The number of hydrogen-bond donors (Lipinski definition) is 0. The number of rotatable bonds is 0. The van der Waals surface area contributed by atoms with Crippen molar-refractivity contribution in [1.82, 2.24) is 0 Å². The van der Waals surface area contributed by atoms with E-state index in [0.717, 1.165) is 10.7 Å². The molecule has 1 aliphatic heterocycles. The van der Waals surface area contributed by atoms with Gasteiger partial charge in [0.05, 0.1) is 17.6 Å². The molecule has 0 radical (unpaired) electrons. The zero-order valence-corrected chi connectivity index (χ0v) is 5.40. The zero-order chi connectivity index (χ0) is 6.27. The minimum atomic E-state index is 0.185. The number of fused-ring (bicyclic) bond motifs is 1. The SMILES string of the molecule is O=C1Cc2occc2S1. The van der Waals surface area contributed by atoms with Crippen molar-refractivity contribution in [3.63, 3.8) is 0 Å². The lowest BCUT2D eigenvalue weighted by molar-refractivity contribution is -0.110. The van der Waals surface area contributed by atoms with Gasteiger partial charge in [-0.25, -0.2) is 0 Å². The molecule has 0 aliphatic carbocycles. The molecule has 1 aliphatic rings. The molecule has 0 spiro atoms. The highest BCUT2D eigenvalue weighted by molar-refractivity contribution is 8.14. The Morgan fingerprint density at radius 2 is 2.56 bits per heavy atom. The van der Waals surface area contributed by atoms with Crippen LogP contribution in [0.5, 0.6) is 0 Å². The van der Waals surface area contributed by atoms with Crippen LogP contribution in [0.3, 0.4) is 0 Å². The molecule has 9 heavy (non-hydrogen) atoms. The van der Waals surface area contributed by atoms with Gasteiger partial charge in [-0.2, -0.15) is 0 Å². The van der Waals surface area contributed by atoms with Crippen LogP contribution in [0.4, 0.5) is 0 Å². The van der Waals surface area contributed by atoms with E-state index < -0.39 is 0 Å². The van der Waals surface area contributed by atoms with E-state index >= 15 is 0 Å². The first-order chi connectivity index (χ1) is 4.36. The molecule has 3 heteroatoms. The van der Waals surface area contributed by atoms with Gasteiger partial charge in [-0.05, 0) is 17.8 Å². The van der Waals surface area contributed by atoms with Crippen molar-refractivity contribution < 1.29 is 9.21 Å². The molecular weight excluding hydrogens is 136 g/mol. The Kier molecular flexibility index (Phi) is 0.931. The molecule has 2 rings (SSSR count). The van der Waals surface area contributed by atoms with Crippen molar-refractivity contribution in [3.05, 3.63) is 18.1 Å². The van der Waals surface area contributed by atoms with Gasteiger partial charge in [0, 0.05) is 0 Å². The molecule has 46 valence electrons. The number of hydrogen-bond acceptors (Lipinski definition) is 3. The van der Waals surface area contributed by atoms with Gasteiger partial charge in [0.2, 0.25) is 5.12 Å².